The van der Waals surface area contributed by atoms with Crippen molar-refractivity contribution in [1.29, 1.82) is 0 Å². The summed E-state index contributed by atoms with van der Waals surface area (Å²) in [5.41, 5.74) is 4.70. The molecule has 0 aliphatic rings. The molecule has 4 heteroatoms. The third-order valence-corrected chi connectivity index (χ3v) is 8.44. The third kappa shape index (κ3) is 11.2. The summed E-state index contributed by atoms with van der Waals surface area (Å²) in [4.78, 5) is 0. The molecule has 0 saturated heterocycles. The monoisotopic (exact) mass is 538 g/mol. The van der Waals surface area contributed by atoms with Crippen LogP contribution in [0.1, 0.15) is 135 Å². The van der Waals surface area contributed by atoms with Crippen LogP contribution in [0.25, 0.3) is 0 Å². The van der Waals surface area contributed by atoms with Crippen molar-refractivity contribution < 1.29 is 10.2 Å². The molecule has 0 aliphatic carbocycles. The van der Waals surface area contributed by atoms with Crippen molar-refractivity contribution in [3.8, 4) is 11.5 Å². The van der Waals surface area contributed by atoms with E-state index < -0.39 is 0 Å². The van der Waals surface area contributed by atoms with Crippen LogP contribution in [0.15, 0.2) is 36.4 Å². The van der Waals surface area contributed by atoms with Crippen LogP contribution in [0.2, 0.25) is 0 Å². The fourth-order valence-corrected chi connectivity index (χ4v) is 5.35. The molecular weight excluding hydrogens is 480 g/mol. The maximum absolute atomic E-state index is 10.5. The van der Waals surface area contributed by atoms with Gasteiger partial charge in [0.05, 0.1) is 0 Å². The SMILES string of the molecule is CCCCCCC(C)(C)c1ccc(O)c(CNCC(C)NCc2cc(C(C)(C)CCCCCC)ccc2O)c1. The molecule has 2 aromatic carbocycles. The molecule has 0 radical (unpaired) electrons. The number of rotatable bonds is 19. The Labute approximate surface area is 240 Å². The lowest BCUT2D eigenvalue weighted by molar-refractivity contribution is 0.434. The van der Waals surface area contributed by atoms with Gasteiger partial charge in [-0.3, -0.25) is 0 Å². The Kier molecular flexibility index (Phi) is 13.8. The lowest BCUT2D eigenvalue weighted by Crippen LogP contribution is -2.35. The summed E-state index contributed by atoms with van der Waals surface area (Å²) in [7, 11) is 0. The Morgan fingerprint density at radius 1 is 0.667 bits per heavy atom. The van der Waals surface area contributed by atoms with Gasteiger partial charge in [-0.25, -0.2) is 0 Å². The second-order valence-corrected chi connectivity index (χ2v) is 13.0. The van der Waals surface area contributed by atoms with Gasteiger partial charge in [0.1, 0.15) is 11.5 Å². The molecule has 0 aromatic heterocycles. The minimum Gasteiger partial charge on any atom is -0.508 e. The first-order chi connectivity index (χ1) is 18.5. The summed E-state index contributed by atoms with van der Waals surface area (Å²) < 4.78 is 0. The first-order valence-corrected chi connectivity index (χ1v) is 15.6. The molecule has 220 valence electrons. The Morgan fingerprint density at radius 2 is 1.13 bits per heavy atom. The molecule has 0 aliphatic heterocycles. The second-order valence-electron chi connectivity index (χ2n) is 13.0. The summed E-state index contributed by atoms with van der Waals surface area (Å²) in [5, 5.41) is 28.1. The maximum Gasteiger partial charge on any atom is 0.120 e. The molecule has 0 fully saturated rings. The van der Waals surface area contributed by atoms with Crippen molar-refractivity contribution in [3.05, 3.63) is 58.7 Å². The first-order valence-electron chi connectivity index (χ1n) is 15.6. The third-order valence-electron chi connectivity index (χ3n) is 8.44. The molecule has 1 atom stereocenters. The van der Waals surface area contributed by atoms with Crippen molar-refractivity contribution in [1.82, 2.24) is 10.6 Å². The van der Waals surface area contributed by atoms with Gasteiger partial charge in [0.15, 0.2) is 0 Å². The summed E-state index contributed by atoms with van der Waals surface area (Å²) in [6, 6.07) is 12.4. The van der Waals surface area contributed by atoms with Gasteiger partial charge in [0.25, 0.3) is 0 Å². The van der Waals surface area contributed by atoms with Gasteiger partial charge in [0.2, 0.25) is 0 Å². The van der Waals surface area contributed by atoms with Crippen molar-refractivity contribution >= 4 is 0 Å². The number of unbranched alkanes of at least 4 members (excludes halogenated alkanes) is 6. The number of benzene rings is 2. The first kappa shape index (κ1) is 33.2. The zero-order chi connectivity index (χ0) is 28.9. The molecule has 0 saturated carbocycles. The predicted molar refractivity (Wildman–Crippen MR) is 168 cm³/mol. The zero-order valence-corrected chi connectivity index (χ0v) is 26.1. The lowest BCUT2D eigenvalue weighted by atomic mass is 9.79. The van der Waals surface area contributed by atoms with Gasteiger partial charge < -0.3 is 20.8 Å². The fraction of sp³-hybridized carbons (Fsp3) is 0.657. The summed E-state index contributed by atoms with van der Waals surface area (Å²) in [6.07, 6.45) is 12.5. The van der Waals surface area contributed by atoms with E-state index in [1.807, 2.05) is 12.1 Å². The van der Waals surface area contributed by atoms with Crippen LogP contribution in [0, 0.1) is 0 Å². The topological polar surface area (TPSA) is 64.5 Å². The molecule has 2 aromatic rings. The van der Waals surface area contributed by atoms with Crippen LogP contribution in [0.5, 0.6) is 11.5 Å². The van der Waals surface area contributed by atoms with Crippen LogP contribution in [-0.2, 0) is 23.9 Å². The molecule has 4 N–H and O–H groups in total. The van der Waals surface area contributed by atoms with E-state index in [2.05, 4.69) is 83.4 Å². The van der Waals surface area contributed by atoms with Crippen molar-refractivity contribution in [2.24, 2.45) is 0 Å². The van der Waals surface area contributed by atoms with E-state index in [0.29, 0.717) is 24.6 Å². The van der Waals surface area contributed by atoms with E-state index in [-0.39, 0.29) is 16.9 Å². The molecule has 4 nitrogen and oxygen atoms in total. The summed E-state index contributed by atoms with van der Waals surface area (Å²) in [6.45, 7) is 17.9. The summed E-state index contributed by atoms with van der Waals surface area (Å²) in [5.74, 6) is 0.708. The highest BCUT2D eigenvalue weighted by Gasteiger charge is 2.22. The molecule has 0 bridgehead atoms. The molecule has 0 heterocycles. The van der Waals surface area contributed by atoms with Crippen molar-refractivity contribution in [2.75, 3.05) is 6.54 Å². The van der Waals surface area contributed by atoms with E-state index in [4.69, 9.17) is 0 Å². The number of phenolic OH excluding ortho intramolecular Hbond substituents is 2. The average Bonchev–Trinajstić information content (AvgIpc) is 2.89. The second kappa shape index (κ2) is 16.3. The maximum atomic E-state index is 10.5. The van der Waals surface area contributed by atoms with Crippen LogP contribution >= 0.6 is 0 Å². The Balaban J connectivity index is 1.88. The van der Waals surface area contributed by atoms with E-state index in [9.17, 15) is 10.2 Å². The lowest BCUT2D eigenvalue weighted by Gasteiger charge is -2.27. The molecule has 2 rings (SSSR count). The quantitative estimate of drug-likeness (QED) is 0.135. The highest BCUT2D eigenvalue weighted by atomic mass is 16.3. The number of phenols is 2. The number of aromatic hydroxyl groups is 2. The van der Waals surface area contributed by atoms with E-state index in [1.165, 1.54) is 62.5 Å². The van der Waals surface area contributed by atoms with Gasteiger partial charge in [-0.1, -0.05) is 117 Å². The molecule has 1 unspecified atom stereocenters. The Morgan fingerprint density at radius 3 is 1.59 bits per heavy atom. The van der Waals surface area contributed by atoms with Crippen LogP contribution < -0.4 is 10.6 Å². The Hall–Kier alpha value is -2.04. The highest BCUT2D eigenvalue weighted by Crippen LogP contribution is 2.33. The van der Waals surface area contributed by atoms with Crippen LogP contribution in [0.3, 0.4) is 0 Å². The molecular formula is C35H58N2O2. The van der Waals surface area contributed by atoms with Gasteiger partial charge >= 0.3 is 0 Å². The average molecular weight is 539 g/mol. The standard InChI is InChI=1S/C35H58N2O2/c1-8-10-12-14-20-34(4,5)30-16-18-32(38)28(22-30)25-36-24-27(3)37-26-29-23-31(17-19-33(29)39)35(6,7)21-15-13-11-9-2/h16-19,22-23,27,36-39H,8-15,20-21,24-26H2,1-7H3. The highest BCUT2D eigenvalue weighted by molar-refractivity contribution is 5.40. The van der Waals surface area contributed by atoms with E-state index >= 15 is 0 Å². The van der Waals surface area contributed by atoms with Crippen molar-refractivity contribution in [3.63, 3.8) is 0 Å². The number of hydrogen-bond donors (Lipinski definition) is 4. The van der Waals surface area contributed by atoms with Crippen molar-refractivity contribution in [2.45, 2.75) is 143 Å². The van der Waals surface area contributed by atoms with Gasteiger partial charge in [-0.2, -0.15) is 0 Å². The smallest absolute Gasteiger partial charge is 0.120 e. The molecule has 39 heavy (non-hydrogen) atoms. The molecule has 0 amide bonds. The summed E-state index contributed by atoms with van der Waals surface area (Å²) >= 11 is 0. The predicted octanol–water partition coefficient (Wildman–Crippen LogP) is 8.86. The normalized spacial score (nSPS) is 13.1. The van der Waals surface area contributed by atoms with Gasteiger partial charge in [0, 0.05) is 36.8 Å². The minimum atomic E-state index is 0.101. The van der Waals surface area contributed by atoms with E-state index in [0.717, 1.165) is 30.5 Å². The van der Waals surface area contributed by atoms with Crippen LogP contribution in [0.4, 0.5) is 0 Å². The molecule has 0 spiro atoms. The number of nitrogens with one attached hydrogen (secondary N) is 2. The minimum absolute atomic E-state index is 0.101. The largest absolute Gasteiger partial charge is 0.508 e. The fourth-order valence-electron chi connectivity index (χ4n) is 5.35. The van der Waals surface area contributed by atoms with Crippen LogP contribution in [-0.4, -0.2) is 22.8 Å². The zero-order valence-electron chi connectivity index (χ0n) is 26.1. The van der Waals surface area contributed by atoms with Gasteiger partial charge in [-0.15, -0.1) is 0 Å². The van der Waals surface area contributed by atoms with Gasteiger partial charge in [-0.05, 0) is 53.9 Å². The van der Waals surface area contributed by atoms with E-state index in [1.54, 1.807) is 0 Å². The Bertz CT molecular complexity index is 983. The number of hydrogen-bond acceptors (Lipinski definition) is 4.